The van der Waals surface area contributed by atoms with Gasteiger partial charge in [0.2, 0.25) is 5.91 Å². The third-order valence-corrected chi connectivity index (χ3v) is 3.35. The molecule has 0 saturated carbocycles. The average Bonchev–Trinajstić information content (AvgIpc) is 2.36. The number of nitrogens with one attached hydrogen (secondary N) is 1. The van der Waals surface area contributed by atoms with Crippen molar-refractivity contribution in [3.05, 3.63) is 34.9 Å². The number of anilines is 1. The Morgan fingerprint density at radius 1 is 1.33 bits per heavy atom. The molecule has 0 unspecified atom stereocenters. The zero-order chi connectivity index (χ0) is 13.1. The van der Waals surface area contributed by atoms with Gasteiger partial charge in [0.15, 0.2) is 0 Å². The van der Waals surface area contributed by atoms with Crippen molar-refractivity contribution >= 4 is 38.4 Å². The van der Waals surface area contributed by atoms with Crippen LogP contribution in [0.3, 0.4) is 0 Å². The van der Waals surface area contributed by atoms with E-state index in [0.717, 1.165) is 21.1 Å². The fourth-order valence-electron chi connectivity index (χ4n) is 1.63. The standard InChI is InChI=1S/C13H14BrN3O/c1-17(2)12(18)8-16-13-10-4-3-5-11(14)9(10)6-7-15-13/h3-7H,8H2,1-2H3,(H,15,16). The van der Waals surface area contributed by atoms with E-state index in [4.69, 9.17) is 0 Å². The minimum Gasteiger partial charge on any atom is -0.360 e. The molecule has 0 spiro atoms. The van der Waals surface area contributed by atoms with Crippen LogP contribution < -0.4 is 5.32 Å². The van der Waals surface area contributed by atoms with Gasteiger partial charge in [0, 0.05) is 35.5 Å². The van der Waals surface area contributed by atoms with Gasteiger partial charge < -0.3 is 10.2 Å². The van der Waals surface area contributed by atoms with Crippen LogP contribution in [0.25, 0.3) is 10.8 Å². The first-order chi connectivity index (χ1) is 8.59. The predicted molar refractivity (Wildman–Crippen MR) is 76.6 cm³/mol. The number of halogens is 1. The highest BCUT2D eigenvalue weighted by Gasteiger charge is 2.07. The molecular formula is C13H14BrN3O. The zero-order valence-corrected chi connectivity index (χ0v) is 11.9. The maximum Gasteiger partial charge on any atom is 0.241 e. The second kappa shape index (κ2) is 5.35. The SMILES string of the molecule is CN(C)C(=O)CNc1nccc2c(Br)cccc12. The Morgan fingerprint density at radius 3 is 2.83 bits per heavy atom. The molecule has 0 fully saturated rings. The van der Waals surface area contributed by atoms with Crippen molar-refractivity contribution in [1.29, 1.82) is 0 Å². The molecule has 1 N–H and O–H groups in total. The van der Waals surface area contributed by atoms with Gasteiger partial charge in [0.1, 0.15) is 5.82 Å². The van der Waals surface area contributed by atoms with Gasteiger partial charge in [0.25, 0.3) is 0 Å². The van der Waals surface area contributed by atoms with Crippen molar-refractivity contribution in [2.75, 3.05) is 26.0 Å². The number of rotatable bonds is 3. The molecule has 0 saturated heterocycles. The molecule has 94 valence electrons. The lowest BCUT2D eigenvalue weighted by Crippen LogP contribution is -2.28. The molecule has 1 heterocycles. The normalized spacial score (nSPS) is 10.4. The molecule has 1 amide bonds. The summed E-state index contributed by atoms with van der Waals surface area (Å²) in [4.78, 5) is 17.4. The van der Waals surface area contributed by atoms with Gasteiger partial charge in [-0.15, -0.1) is 0 Å². The maximum absolute atomic E-state index is 11.5. The molecular weight excluding hydrogens is 294 g/mol. The van der Waals surface area contributed by atoms with E-state index in [1.807, 2.05) is 24.3 Å². The quantitative estimate of drug-likeness (QED) is 0.947. The van der Waals surface area contributed by atoms with Crippen LogP contribution in [0.4, 0.5) is 5.82 Å². The number of hydrogen-bond donors (Lipinski definition) is 1. The van der Waals surface area contributed by atoms with Gasteiger partial charge in [-0.25, -0.2) is 4.98 Å². The van der Waals surface area contributed by atoms with Crippen LogP contribution in [-0.4, -0.2) is 36.4 Å². The second-order valence-electron chi connectivity index (χ2n) is 4.14. The largest absolute Gasteiger partial charge is 0.360 e. The first-order valence-corrected chi connectivity index (χ1v) is 6.36. The molecule has 0 atom stereocenters. The fraction of sp³-hybridized carbons (Fsp3) is 0.231. The minimum absolute atomic E-state index is 0.0174. The molecule has 0 aliphatic carbocycles. The third kappa shape index (κ3) is 2.61. The lowest BCUT2D eigenvalue weighted by atomic mass is 10.1. The van der Waals surface area contributed by atoms with Crippen LogP contribution in [0.5, 0.6) is 0 Å². The average molecular weight is 308 g/mol. The topological polar surface area (TPSA) is 45.2 Å². The van der Waals surface area contributed by atoms with E-state index in [1.54, 1.807) is 25.2 Å². The Hall–Kier alpha value is -1.62. The molecule has 2 rings (SSSR count). The molecule has 1 aromatic heterocycles. The first-order valence-electron chi connectivity index (χ1n) is 5.57. The van der Waals surface area contributed by atoms with Gasteiger partial charge in [-0.2, -0.15) is 0 Å². The summed E-state index contributed by atoms with van der Waals surface area (Å²) in [5, 5.41) is 5.15. The van der Waals surface area contributed by atoms with Crippen LogP contribution in [0.15, 0.2) is 34.9 Å². The van der Waals surface area contributed by atoms with Crippen molar-refractivity contribution in [2.24, 2.45) is 0 Å². The summed E-state index contributed by atoms with van der Waals surface area (Å²) in [5.74, 6) is 0.743. The number of fused-ring (bicyclic) bond motifs is 1. The molecule has 0 aliphatic heterocycles. The summed E-state index contributed by atoms with van der Waals surface area (Å²) in [5.41, 5.74) is 0. The monoisotopic (exact) mass is 307 g/mol. The summed E-state index contributed by atoms with van der Waals surface area (Å²) < 4.78 is 1.02. The number of hydrogen-bond acceptors (Lipinski definition) is 3. The number of carbonyl (C=O) groups excluding carboxylic acids is 1. The Labute approximate surface area is 114 Å². The number of likely N-dealkylation sites (N-methyl/N-ethyl adjacent to an activating group) is 1. The number of pyridine rings is 1. The second-order valence-corrected chi connectivity index (χ2v) is 4.99. The number of carbonyl (C=O) groups is 1. The maximum atomic E-state index is 11.5. The van der Waals surface area contributed by atoms with Crippen LogP contribution in [0.2, 0.25) is 0 Å². The Morgan fingerprint density at radius 2 is 2.11 bits per heavy atom. The van der Waals surface area contributed by atoms with Gasteiger partial charge in [-0.05, 0) is 12.1 Å². The highest BCUT2D eigenvalue weighted by molar-refractivity contribution is 9.10. The first kappa shape index (κ1) is 12.8. The Balaban J connectivity index is 2.29. The molecule has 2 aromatic rings. The molecule has 0 radical (unpaired) electrons. The van der Waals surface area contributed by atoms with Crippen molar-refractivity contribution in [3.8, 4) is 0 Å². The van der Waals surface area contributed by atoms with Crippen molar-refractivity contribution in [3.63, 3.8) is 0 Å². The molecule has 1 aromatic carbocycles. The van der Waals surface area contributed by atoms with Crippen molar-refractivity contribution in [1.82, 2.24) is 9.88 Å². The number of amides is 1. The van der Waals surface area contributed by atoms with E-state index in [9.17, 15) is 4.79 Å². The summed E-state index contributed by atoms with van der Waals surface area (Å²) in [6.07, 6.45) is 1.73. The highest BCUT2D eigenvalue weighted by atomic mass is 79.9. The summed E-state index contributed by atoms with van der Waals surface area (Å²) in [7, 11) is 3.47. The van der Waals surface area contributed by atoms with E-state index < -0.39 is 0 Å². The Kier molecular flexibility index (Phi) is 3.81. The number of benzene rings is 1. The van der Waals surface area contributed by atoms with Crippen LogP contribution in [-0.2, 0) is 4.79 Å². The summed E-state index contributed by atoms with van der Waals surface area (Å²) >= 11 is 3.50. The van der Waals surface area contributed by atoms with Crippen LogP contribution in [0.1, 0.15) is 0 Å². The third-order valence-electron chi connectivity index (χ3n) is 2.66. The zero-order valence-electron chi connectivity index (χ0n) is 10.3. The van der Waals surface area contributed by atoms with E-state index >= 15 is 0 Å². The van der Waals surface area contributed by atoms with Gasteiger partial charge >= 0.3 is 0 Å². The van der Waals surface area contributed by atoms with Crippen molar-refractivity contribution < 1.29 is 4.79 Å². The lowest BCUT2D eigenvalue weighted by Gasteiger charge is -2.12. The van der Waals surface area contributed by atoms with E-state index in [2.05, 4.69) is 26.2 Å². The summed E-state index contributed by atoms with van der Waals surface area (Å²) in [6.45, 7) is 0.242. The fourth-order valence-corrected chi connectivity index (χ4v) is 2.13. The molecule has 0 aliphatic rings. The lowest BCUT2D eigenvalue weighted by molar-refractivity contribution is -0.126. The van der Waals surface area contributed by atoms with Crippen molar-refractivity contribution in [2.45, 2.75) is 0 Å². The smallest absolute Gasteiger partial charge is 0.241 e. The van der Waals surface area contributed by atoms with E-state index in [1.165, 1.54) is 0 Å². The molecule has 4 nitrogen and oxygen atoms in total. The number of nitrogens with zero attached hydrogens (tertiary/aromatic N) is 2. The molecule has 18 heavy (non-hydrogen) atoms. The Bertz CT molecular complexity index is 583. The van der Waals surface area contributed by atoms with Crippen LogP contribution >= 0.6 is 15.9 Å². The molecule has 5 heteroatoms. The minimum atomic E-state index is 0.0174. The van der Waals surface area contributed by atoms with Gasteiger partial charge in [-0.3, -0.25) is 4.79 Å². The van der Waals surface area contributed by atoms with E-state index in [-0.39, 0.29) is 12.5 Å². The van der Waals surface area contributed by atoms with E-state index in [0.29, 0.717) is 0 Å². The number of aromatic nitrogens is 1. The highest BCUT2D eigenvalue weighted by Crippen LogP contribution is 2.27. The van der Waals surface area contributed by atoms with Gasteiger partial charge in [0.05, 0.1) is 6.54 Å². The van der Waals surface area contributed by atoms with Gasteiger partial charge in [-0.1, -0.05) is 28.1 Å². The summed E-state index contributed by atoms with van der Waals surface area (Å²) in [6, 6.07) is 7.86. The molecule has 0 bridgehead atoms. The van der Waals surface area contributed by atoms with Crippen LogP contribution in [0, 0.1) is 0 Å². The predicted octanol–water partition coefficient (Wildman–Crippen LogP) is 2.50.